The fourth-order valence-electron chi connectivity index (χ4n) is 1.31. The van der Waals surface area contributed by atoms with Crippen molar-refractivity contribution in [1.82, 2.24) is 0 Å². The first-order chi connectivity index (χ1) is 6.73. The summed E-state index contributed by atoms with van der Waals surface area (Å²) in [4.78, 5) is 0. The van der Waals surface area contributed by atoms with Gasteiger partial charge in [-0.1, -0.05) is 18.2 Å². The first-order valence-electron chi connectivity index (χ1n) is 4.51. The molecule has 1 unspecified atom stereocenters. The van der Waals surface area contributed by atoms with Crippen LogP contribution in [0.2, 0.25) is 0 Å². The van der Waals surface area contributed by atoms with E-state index in [1.807, 2.05) is 18.2 Å². The largest absolute Gasteiger partial charge is 0.458 e. The van der Waals surface area contributed by atoms with Crippen LogP contribution in [0.1, 0.15) is 12.5 Å². The van der Waals surface area contributed by atoms with Gasteiger partial charge in [-0.05, 0) is 13.0 Å². The monoisotopic (exact) mass is 196 g/mol. The van der Waals surface area contributed by atoms with Gasteiger partial charge in [0, 0.05) is 5.56 Å². The Labute approximate surface area is 82.0 Å². The number of hydrogen-bond acceptors (Lipinski definition) is 4. The molecule has 4 heteroatoms. The predicted octanol–water partition coefficient (Wildman–Crippen LogP) is 1.24. The van der Waals surface area contributed by atoms with E-state index in [1.165, 1.54) is 0 Å². The van der Waals surface area contributed by atoms with Crippen molar-refractivity contribution >= 4 is 0 Å². The highest BCUT2D eigenvalue weighted by atomic mass is 17.0. The summed E-state index contributed by atoms with van der Waals surface area (Å²) >= 11 is 0. The second-order valence-corrected chi connectivity index (χ2v) is 2.96. The van der Waals surface area contributed by atoms with Crippen molar-refractivity contribution in [1.29, 1.82) is 0 Å². The van der Waals surface area contributed by atoms with Gasteiger partial charge in [0.05, 0.1) is 13.2 Å². The average molecular weight is 196 g/mol. The Morgan fingerprint density at radius 1 is 1.50 bits per heavy atom. The third-order valence-corrected chi connectivity index (χ3v) is 1.95. The molecule has 0 aromatic heterocycles. The van der Waals surface area contributed by atoms with Gasteiger partial charge < -0.3 is 9.84 Å². The Kier molecular flexibility index (Phi) is 2.41. The Hall–Kier alpha value is -1.10. The van der Waals surface area contributed by atoms with Gasteiger partial charge in [-0.3, -0.25) is 9.47 Å². The smallest absolute Gasteiger partial charge is 0.416 e. The number of fused-ring (bicyclic) bond motifs is 1. The fraction of sp³-hybridized carbons (Fsp3) is 0.400. The predicted molar refractivity (Wildman–Crippen MR) is 48.4 cm³/mol. The molecule has 1 N–H and O–H groups in total. The first-order valence-corrected chi connectivity index (χ1v) is 4.51. The zero-order valence-corrected chi connectivity index (χ0v) is 7.90. The number of aliphatic hydroxyl groups is 1. The molecular weight excluding hydrogens is 184 g/mol. The molecule has 1 atom stereocenters. The number of para-hydroxylation sites is 1. The number of ether oxygens (including phenoxy) is 3. The molecule has 1 aromatic rings. The summed E-state index contributed by atoms with van der Waals surface area (Å²) in [5, 5.41) is 9.65. The second kappa shape index (κ2) is 3.57. The fourth-order valence-corrected chi connectivity index (χ4v) is 1.31. The van der Waals surface area contributed by atoms with E-state index >= 15 is 0 Å². The lowest BCUT2D eigenvalue weighted by Crippen LogP contribution is -2.44. The molecule has 4 nitrogen and oxygen atoms in total. The summed E-state index contributed by atoms with van der Waals surface area (Å²) in [6.45, 7) is 2.36. The number of rotatable bonds is 2. The zero-order valence-electron chi connectivity index (χ0n) is 7.90. The highest BCUT2D eigenvalue weighted by molar-refractivity contribution is 5.33. The Bertz CT molecular complexity index is 326. The summed E-state index contributed by atoms with van der Waals surface area (Å²) in [6.07, 6.45) is -1.93. The quantitative estimate of drug-likeness (QED) is 0.723. The molecule has 76 valence electrons. The van der Waals surface area contributed by atoms with E-state index in [0.29, 0.717) is 12.4 Å². The molecule has 0 fully saturated rings. The molecule has 2 rings (SSSR count). The summed E-state index contributed by atoms with van der Waals surface area (Å²) < 4.78 is 15.2. The Morgan fingerprint density at radius 3 is 3.07 bits per heavy atom. The van der Waals surface area contributed by atoms with Crippen LogP contribution in [0.25, 0.3) is 0 Å². The minimum absolute atomic E-state index is 0.284. The average Bonchev–Trinajstić information content (AvgIpc) is 2.17. The summed E-state index contributed by atoms with van der Waals surface area (Å²) in [6, 6.07) is 7.36. The van der Waals surface area contributed by atoms with E-state index in [9.17, 15) is 5.11 Å². The van der Waals surface area contributed by atoms with E-state index in [-0.39, 0.29) is 6.61 Å². The van der Waals surface area contributed by atoms with Gasteiger partial charge in [0.1, 0.15) is 5.75 Å². The lowest BCUT2D eigenvalue weighted by Gasteiger charge is -2.31. The third kappa shape index (κ3) is 1.72. The molecule has 1 aliphatic heterocycles. The Balaban J connectivity index is 2.20. The van der Waals surface area contributed by atoms with Crippen LogP contribution in [-0.4, -0.2) is 17.9 Å². The molecule has 1 aliphatic rings. The van der Waals surface area contributed by atoms with Crippen molar-refractivity contribution in [3.05, 3.63) is 29.8 Å². The Morgan fingerprint density at radius 2 is 2.29 bits per heavy atom. The van der Waals surface area contributed by atoms with Gasteiger partial charge >= 0.3 is 6.16 Å². The van der Waals surface area contributed by atoms with E-state index < -0.39 is 6.16 Å². The van der Waals surface area contributed by atoms with Gasteiger partial charge in [-0.2, -0.15) is 0 Å². The maximum absolute atomic E-state index is 9.65. The molecule has 0 aliphatic carbocycles. The standard InChI is InChI=1S/C10H12O4/c1-2-12-10(11)13-7-8-5-3-4-6-9(8)14-10/h3-6,11H,2,7H2,1H3. The van der Waals surface area contributed by atoms with Crippen molar-refractivity contribution in [3.8, 4) is 5.75 Å². The molecule has 0 saturated heterocycles. The molecule has 0 bridgehead atoms. The van der Waals surface area contributed by atoms with Gasteiger partial charge in [-0.25, -0.2) is 0 Å². The van der Waals surface area contributed by atoms with Crippen LogP contribution in [0.5, 0.6) is 5.75 Å². The SMILES string of the molecule is CCOC1(O)OCc2ccccc2O1. The van der Waals surface area contributed by atoms with Gasteiger partial charge in [0.25, 0.3) is 0 Å². The highest BCUT2D eigenvalue weighted by Crippen LogP contribution is 2.30. The molecule has 0 radical (unpaired) electrons. The minimum atomic E-state index is -1.93. The summed E-state index contributed by atoms with van der Waals surface area (Å²) in [5.41, 5.74) is 0.900. The van der Waals surface area contributed by atoms with Crippen LogP contribution in [0, 0.1) is 0 Å². The van der Waals surface area contributed by atoms with E-state index in [2.05, 4.69) is 0 Å². The van der Waals surface area contributed by atoms with Crippen LogP contribution in [0.4, 0.5) is 0 Å². The van der Waals surface area contributed by atoms with E-state index in [0.717, 1.165) is 5.56 Å². The first kappa shape index (κ1) is 9.45. The van der Waals surface area contributed by atoms with Crippen molar-refractivity contribution in [2.75, 3.05) is 6.61 Å². The van der Waals surface area contributed by atoms with Crippen molar-refractivity contribution < 1.29 is 19.3 Å². The van der Waals surface area contributed by atoms with Crippen molar-refractivity contribution in [2.24, 2.45) is 0 Å². The summed E-state index contributed by atoms with van der Waals surface area (Å²) in [5.74, 6) is 0.592. The molecule has 0 amide bonds. The molecule has 14 heavy (non-hydrogen) atoms. The van der Waals surface area contributed by atoms with Gasteiger partial charge in [0.2, 0.25) is 0 Å². The van der Waals surface area contributed by atoms with Crippen molar-refractivity contribution in [2.45, 2.75) is 19.7 Å². The third-order valence-electron chi connectivity index (χ3n) is 1.95. The minimum Gasteiger partial charge on any atom is -0.416 e. The van der Waals surface area contributed by atoms with Gasteiger partial charge in [0.15, 0.2) is 0 Å². The normalized spacial score (nSPS) is 25.3. The van der Waals surface area contributed by atoms with Crippen LogP contribution in [-0.2, 0) is 16.1 Å². The van der Waals surface area contributed by atoms with Crippen molar-refractivity contribution in [3.63, 3.8) is 0 Å². The van der Waals surface area contributed by atoms with Crippen LogP contribution < -0.4 is 4.74 Å². The number of benzene rings is 1. The molecular formula is C10H12O4. The number of hydrogen-bond donors (Lipinski definition) is 1. The second-order valence-electron chi connectivity index (χ2n) is 2.96. The molecule has 1 aromatic carbocycles. The lowest BCUT2D eigenvalue weighted by atomic mass is 10.2. The van der Waals surface area contributed by atoms with Crippen LogP contribution in [0.15, 0.2) is 24.3 Å². The maximum atomic E-state index is 9.65. The molecule has 0 saturated carbocycles. The highest BCUT2D eigenvalue weighted by Gasteiger charge is 2.36. The molecule has 1 heterocycles. The molecule has 0 spiro atoms. The van der Waals surface area contributed by atoms with Crippen LogP contribution >= 0.6 is 0 Å². The van der Waals surface area contributed by atoms with E-state index in [4.69, 9.17) is 14.2 Å². The maximum Gasteiger partial charge on any atom is 0.458 e. The zero-order chi connectivity index (χ0) is 10.0. The topological polar surface area (TPSA) is 47.9 Å². The lowest BCUT2D eigenvalue weighted by molar-refractivity contribution is -0.464. The van der Waals surface area contributed by atoms with Crippen LogP contribution in [0.3, 0.4) is 0 Å². The summed E-state index contributed by atoms with van der Waals surface area (Å²) in [7, 11) is 0. The van der Waals surface area contributed by atoms with Gasteiger partial charge in [-0.15, -0.1) is 0 Å². The van der Waals surface area contributed by atoms with E-state index in [1.54, 1.807) is 13.0 Å².